The van der Waals surface area contributed by atoms with Gasteiger partial charge in [0.2, 0.25) is 0 Å². The number of unbranched alkanes of at least 4 members (excludes halogenated alkanes) is 24. The van der Waals surface area contributed by atoms with E-state index in [4.69, 9.17) is 27.1 Å². The fourth-order valence-electron chi connectivity index (χ4n) is 9.49. The fourth-order valence-corrected chi connectivity index (χ4v) is 12.0. The molecule has 0 aliphatic heterocycles. The van der Waals surface area contributed by atoms with Crippen LogP contribution in [0.15, 0.2) is 121 Å². The van der Waals surface area contributed by atoms with Crippen molar-refractivity contribution in [2.24, 2.45) is 0 Å². The van der Waals surface area contributed by atoms with Crippen LogP contribution in [0, 0.1) is 0 Å². The van der Waals surface area contributed by atoms with Crippen molar-refractivity contribution >= 4 is 15.6 Å². The Hall–Kier alpha value is -4.64. The summed E-state index contributed by atoms with van der Waals surface area (Å²) in [7, 11) is -8.81. The third kappa shape index (κ3) is 26.1. The molecular formula is C66H96O8P2. The minimum Gasteiger partial charge on any atom is -0.386 e. The monoisotopic (exact) mass is 1080 g/mol. The maximum Gasteiger partial charge on any atom is 0.647 e. The Balaban J connectivity index is 1.31. The van der Waals surface area contributed by atoms with Gasteiger partial charge in [-0.3, -0.25) is 0 Å². The SMILES string of the molecule is CCCCCCCCCc1ccc(OP(=O)(Oc2ccc(CCCCCCCCC)cc2)Oc2cccc(OP(=O)(Oc3ccc(CCCCCCCCC)cc3)Oc3ccc(CCCCCCCCC)cc3)c2)cc1. The molecule has 0 bridgehead atoms. The van der Waals surface area contributed by atoms with Crippen molar-refractivity contribution in [2.45, 2.75) is 233 Å². The van der Waals surface area contributed by atoms with Gasteiger partial charge >= 0.3 is 15.6 Å². The van der Waals surface area contributed by atoms with Crippen LogP contribution in [0.25, 0.3) is 0 Å². The lowest BCUT2D eigenvalue weighted by Gasteiger charge is -2.21. The Morgan fingerprint density at radius 3 is 0.671 bits per heavy atom. The molecular weight excluding hydrogens is 983 g/mol. The maximum absolute atomic E-state index is 14.9. The highest BCUT2D eigenvalue weighted by Gasteiger charge is 2.36. The molecule has 0 aliphatic rings. The highest BCUT2D eigenvalue weighted by Crippen LogP contribution is 2.53. The van der Waals surface area contributed by atoms with Gasteiger partial charge in [0.05, 0.1) is 0 Å². The molecule has 5 aromatic carbocycles. The standard InChI is InChI=1S/C66H96O8P2/c1-5-9-13-17-21-25-29-34-57-40-48-61(49-41-57)69-75(67,70-62-50-42-58(43-51-62)35-30-26-22-18-14-10-6-2)73-65-38-33-39-66(56-65)74-76(68,71-63-52-44-59(45-53-63)36-31-27-23-19-15-11-7-3)72-64-54-46-60(47-55-64)37-32-28-24-20-16-12-8-4/h33,38-56H,5-32,34-37H2,1-4H3. The van der Waals surface area contributed by atoms with E-state index in [0.717, 1.165) is 51.4 Å². The van der Waals surface area contributed by atoms with Gasteiger partial charge in [0.25, 0.3) is 0 Å². The quantitative estimate of drug-likeness (QED) is 0.0282. The van der Waals surface area contributed by atoms with Gasteiger partial charge in [0.15, 0.2) is 0 Å². The number of aryl methyl sites for hydroxylation is 4. The summed E-state index contributed by atoms with van der Waals surface area (Å²) < 4.78 is 67.0. The normalized spacial score (nSPS) is 11.6. The van der Waals surface area contributed by atoms with Crippen molar-refractivity contribution in [3.8, 4) is 34.5 Å². The molecule has 418 valence electrons. The summed E-state index contributed by atoms with van der Waals surface area (Å²) in [4.78, 5) is 0. The molecule has 10 heteroatoms. The van der Waals surface area contributed by atoms with Crippen molar-refractivity contribution in [3.63, 3.8) is 0 Å². The highest BCUT2D eigenvalue weighted by atomic mass is 31.2. The highest BCUT2D eigenvalue weighted by molar-refractivity contribution is 7.50. The Bertz CT molecular complexity index is 2050. The molecule has 0 amide bonds. The lowest BCUT2D eigenvalue weighted by Crippen LogP contribution is -2.09. The van der Waals surface area contributed by atoms with E-state index in [1.54, 1.807) is 18.2 Å². The first-order valence-electron chi connectivity index (χ1n) is 30.0. The first-order chi connectivity index (χ1) is 37.2. The molecule has 5 aromatic rings. The largest absolute Gasteiger partial charge is 0.647 e. The number of phosphoric ester groups is 2. The summed E-state index contributed by atoms with van der Waals surface area (Å²) in [5.74, 6) is 1.63. The smallest absolute Gasteiger partial charge is 0.386 e. The third-order valence-electron chi connectivity index (χ3n) is 14.1. The van der Waals surface area contributed by atoms with Crippen molar-refractivity contribution in [1.82, 2.24) is 0 Å². The zero-order valence-electron chi connectivity index (χ0n) is 47.3. The van der Waals surface area contributed by atoms with Crippen LogP contribution in [0.4, 0.5) is 0 Å². The predicted molar refractivity (Wildman–Crippen MR) is 318 cm³/mol. The van der Waals surface area contributed by atoms with Crippen LogP contribution in [-0.2, 0) is 34.8 Å². The molecule has 0 N–H and O–H groups in total. The molecule has 0 atom stereocenters. The van der Waals surface area contributed by atoms with E-state index < -0.39 is 15.6 Å². The first kappa shape index (κ1) is 62.2. The van der Waals surface area contributed by atoms with E-state index in [2.05, 4.69) is 27.7 Å². The number of benzene rings is 5. The summed E-state index contributed by atoms with van der Waals surface area (Å²) in [5, 5.41) is 0. The average molecular weight is 1080 g/mol. The molecule has 0 unspecified atom stereocenters. The zero-order chi connectivity index (χ0) is 53.8. The molecule has 0 fully saturated rings. The van der Waals surface area contributed by atoms with Crippen LogP contribution >= 0.6 is 15.6 Å². The fraction of sp³-hybridized carbons (Fsp3) is 0.545. The summed E-state index contributed by atoms with van der Waals surface area (Å²) in [6.07, 6.45) is 38.7. The molecule has 0 aromatic heterocycles. The Labute approximate surface area is 461 Å². The van der Waals surface area contributed by atoms with Crippen molar-refractivity contribution in [2.75, 3.05) is 0 Å². The molecule has 76 heavy (non-hydrogen) atoms. The number of hydrogen-bond acceptors (Lipinski definition) is 8. The number of rotatable bonds is 44. The Kier molecular flexibility index (Phi) is 30.5. The molecule has 0 heterocycles. The average Bonchev–Trinajstić information content (AvgIpc) is 3.42. The second kappa shape index (κ2) is 37.2. The van der Waals surface area contributed by atoms with E-state index in [1.165, 1.54) is 182 Å². The van der Waals surface area contributed by atoms with E-state index in [0.29, 0.717) is 23.0 Å². The summed E-state index contributed by atoms with van der Waals surface area (Å²) >= 11 is 0. The number of phosphoric acid groups is 2. The van der Waals surface area contributed by atoms with Gasteiger partial charge in [-0.1, -0.05) is 236 Å². The van der Waals surface area contributed by atoms with Crippen LogP contribution in [0.1, 0.15) is 230 Å². The molecule has 0 aliphatic carbocycles. The van der Waals surface area contributed by atoms with Crippen LogP contribution in [0.2, 0.25) is 0 Å². The molecule has 0 saturated heterocycles. The van der Waals surface area contributed by atoms with Gasteiger partial charge in [-0.05, 0) is 134 Å². The second-order valence-electron chi connectivity index (χ2n) is 21.0. The molecule has 0 spiro atoms. The van der Waals surface area contributed by atoms with Gasteiger partial charge < -0.3 is 27.1 Å². The van der Waals surface area contributed by atoms with E-state index in [9.17, 15) is 9.13 Å². The van der Waals surface area contributed by atoms with Crippen LogP contribution in [0.5, 0.6) is 34.5 Å². The third-order valence-corrected chi connectivity index (χ3v) is 16.7. The van der Waals surface area contributed by atoms with Gasteiger partial charge in [0, 0.05) is 6.07 Å². The Morgan fingerprint density at radius 1 is 0.250 bits per heavy atom. The first-order valence-corrected chi connectivity index (χ1v) is 33.0. The second-order valence-corrected chi connectivity index (χ2v) is 23.9. The van der Waals surface area contributed by atoms with Gasteiger partial charge in [0.1, 0.15) is 34.5 Å². The van der Waals surface area contributed by atoms with E-state index in [-0.39, 0.29) is 11.5 Å². The lowest BCUT2D eigenvalue weighted by molar-refractivity contribution is 0.295. The predicted octanol–water partition coefficient (Wildman–Crippen LogP) is 22.1. The Morgan fingerprint density at radius 2 is 0.447 bits per heavy atom. The van der Waals surface area contributed by atoms with Crippen molar-refractivity contribution < 1.29 is 36.3 Å². The van der Waals surface area contributed by atoms with Crippen LogP contribution in [-0.4, -0.2) is 0 Å². The molecule has 0 radical (unpaired) electrons. The van der Waals surface area contributed by atoms with Crippen molar-refractivity contribution in [1.29, 1.82) is 0 Å². The lowest BCUT2D eigenvalue weighted by atomic mass is 10.0. The van der Waals surface area contributed by atoms with Gasteiger partial charge in [-0.15, -0.1) is 0 Å². The molecule has 0 saturated carbocycles. The van der Waals surface area contributed by atoms with E-state index >= 15 is 0 Å². The summed E-state index contributed by atoms with van der Waals surface area (Å²) in [6.45, 7) is 8.98. The summed E-state index contributed by atoms with van der Waals surface area (Å²) in [6, 6.07) is 37.0. The maximum atomic E-state index is 14.9. The zero-order valence-corrected chi connectivity index (χ0v) is 49.1. The topological polar surface area (TPSA) is 89.5 Å². The number of hydrogen-bond donors (Lipinski definition) is 0. The van der Waals surface area contributed by atoms with Gasteiger partial charge in [-0.2, -0.15) is 9.13 Å². The minimum absolute atomic E-state index is 0.114. The van der Waals surface area contributed by atoms with Gasteiger partial charge in [-0.25, -0.2) is 0 Å². The molecule has 5 rings (SSSR count). The van der Waals surface area contributed by atoms with Crippen molar-refractivity contribution in [3.05, 3.63) is 144 Å². The van der Waals surface area contributed by atoms with Crippen LogP contribution < -0.4 is 27.1 Å². The van der Waals surface area contributed by atoms with Crippen LogP contribution in [0.3, 0.4) is 0 Å². The minimum atomic E-state index is -4.41. The molecule has 8 nitrogen and oxygen atoms in total. The van der Waals surface area contributed by atoms with E-state index in [1.807, 2.05) is 97.1 Å². The summed E-state index contributed by atoms with van der Waals surface area (Å²) in [5.41, 5.74) is 4.75.